The van der Waals surface area contributed by atoms with Crippen molar-refractivity contribution >= 4 is 18.2 Å². The number of hydrogen-bond acceptors (Lipinski definition) is 2. The van der Waals surface area contributed by atoms with Crippen LogP contribution in [0.3, 0.4) is 0 Å². The number of ketones is 1. The van der Waals surface area contributed by atoms with E-state index in [4.69, 9.17) is 0 Å². The lowest BCUT2D eigenvalue weighted by molar-refractivity contribution is 0.0298. The van der Waals surface area contributed by atoms with E-state index in [0.29, 0.717) is 5.78 Å². The van der Waals surface area contributed by atoms with Gasteiger partial charge in [0.25, 0.3) is 0 Å². The molecule has 1 heterocycles. The molecule has 1 atom stereocenters. The van der Waals surface area contributed by atoms with Gasteiger partial charge in [0.2, 0.25) is 0 Å². The third-order valence-electron chi connectivity index (χ3n) is 7.47. The minimum Gasteiger partial charge on any atom is -0.292 e. The van der Waals surface area contributed by atoms with Crippen molar-refractivity contribution in [3.8, 4) is 11.1 Å². The lowest BCUT2D eigenvalue weighted by Crippen LogP contribution is -2.59. The van der Waals surface area contributed by atoms with E-state index in [1.807, 2.05) is 6.07 Å². The van der Waals surface area contributed by atoms with Gasteiger partial charge in [-0.15, -0.1) is 12.4 Å². The average Bonchev–Trinajstić information content (AvgIpc) is 2.82. The molecule has 0 aromatic heterocycles. The van der Waals surface area contributed by atoms with E-state index in [1.165, 1.54) is 34.2 Å². The highest BCUT2D eigenvalue weighted by Crippen LogP contribution is 2.41. The van der Waals surface area contributed by atoms with Crippen molar-refractivity contribution in [2.75, 3.05) is 13.1 Å². The van der Waals surface area contributed by atoms with Crippen molar-refractivity contribution in [1.82, 2.24) is 4.90 Å². The fraction of sp³-hybridized carbons (Fsp3) is 0.345. The molecule has 0 radical (unpaired) electrons. The summed E-state index contributed by atoms with van der Waals surface area (Å²) in [5.41, 5.74) is 7.05. The van der Waals surface area contributed by atoms with Gasteiger partial charge in [-0.1, -0.05) is 72.8 Å². The lowest BCUT2D eigenvalue weighted by Gasteiger charge is -2.48. The first-order chi connectivity index (χ1) is 15.2. The van der Waals surface area contributed by atoms with Crippen LogP contribution >= 0.6 is 12.4 Å². The van der Waals surface area contributed by atoms with E-state index in [0.717, 1.165) is 50.8 Å². The van der Waals surface area contributed by atoms with Crippen molar-refractivity contribution in [2.45, 2.75) is 51.0 Å². The fourth-order valence-corrected chi connectivity index (χ4v) is 5.64. The van der Waals surface area contributed by atoms with Gasteiger partial charge in [-0.3, -0.25) is 9.69 Å². The molecule has 3 aromatic carbocycles. The maximum absolute atomic E-state index is 13.9. The summed E-state index contributed by atoms with van der Waals surface area (Å²) in [6, 6.07) is 25.6. The Morgan fingerprint density at radius 1 is 0.875 bits per heavy atom. The molecule has 32 heavy (non-hydrogen) atoms. The maximum Gasteiger partial charge on any atom is 0.183 e. The maximum atomic E-state index is 13.9. The summed E-state index contributed by atoms with van der Waals surface area (Å²) in [4.78, 5) is 16.4. The van der Waals surface area contributed by atoms with E-state index in [9.17, 15) is 4.79 Å². The first-order valence-electron chi connectivity index (χ1n) is 11.7. The molecule has 1 fully saturated rings. The second kappa shape index (κ2) is 9.60. The number of aryl methyl sites for hydroxylation is 2. The zero-order valence-corrected chi connectivity index (χ0v) is 19.7. The summed E-state index contributed by atoms with van der Waals surface area (Å²) >= 11 is 0. The molecule has 5 rings (SSSR count). The molecule has 0 saturated carbocycles. The third-order valence-corrected chi connectivity index (χ3v) is 7.47. The Kier molecular flexibility index (Phi) is 6.83. The molecule has 2 aliphatic rings. The molecule has 0 bridgehead atoms. The van der Waals surface area contributed by atoms with Gasteiger partial charge in [0, 0.05) is 12.1 Å². The van der Waals surface area contributed by atoms with Crippen LogP contribution in [0.1, 0.15) is 52.7 Å². The molecule has 1 aliphatic heterocycles. The number of carbonyl (C=O) groups is 1. The monoisotopic (exact) mass is 445 g/mol. The van der Waals surface area contributed by atoms with Crippen LogP contribution in [0, 0.1) is 6.92 Å². The summed E-state index contributed by atoms with van der Waals surface area (Å²) in [5.74, 6) is 0.359. The number of nitrogens with zero attached hydrogens (tertiary/aromatic N) is 1. The van der Waals surface area contributed by atoms with E-state index in [1.54, 1.807) is 0 Å². The summed E-state index contributed by atoms with van der Waals surface area (Å²) in [7, 11) is 0. The molecular weight excluding hydrogens is 414 g/mol. The van der Waals surface area contributed by atoms with Gasteiger partial charge in [0.1, 0.15) is 0 Å². The van der Waals surface area contributed by atoms with Crippen molar-refractivity contribution in [3.63, 3.8) is 0 Å². The summed E-state index contributed by atoms with van der Waals surface area (Å²) < 4.78 is 0. The quantitative estimate of drug-likeness (QED) is 0.446. The van der Waals surface area contributed by atoms with Crippen molar-refractivity contribution < 1.29 is 4.79 Å². The highest BCUT2D eigenvalue weighted by molar-refractivity contribution is 6.06. The summed E-state index contributed by atoms with van der Waals surface area (Å²) in [6.45, 7) is 4.19. The van der Waals surface area contributed by atoms with Crippen molar-refractivity contribution in [1.29, 1.82) is 0 Å². The van der Waals surface area contributed by atoms with Crippen LogP contribution in [-0.4, -0.2) is 29.3 Å². The molecular formula is C29H32ClNO. The van der Waals surface area contributed by atoms with Crippen LogP contribution < -0.4 is 0 Å². The van der Waals surface area contributed by atoms with Gasteiger partial charge < -0.3 is 0 Å². The molecule has 3 aromatic rings. The van der Waals surface area contributed by atoms with Gasteiger partial charge in [-0.05, 0) is 79.8 Å². The number of carbonyl (C=O) groups excluding carboxylic acids is 1. The second-order valence-electron chi connectivity index (χ2n) is 9.22. The first kappa shape index (κ1) is 22.8. The standard InChI is InChI=1S/C29H31NO.ClH/c1-22-9-5-6-10-23(22)16-20-30-19-8-7-17-29(30)18-15-26-21-25(13-14-27(26)28(29)31)24-11-3-2-4-12-24;/h2-6,9-14,21H,7-8,15-20H2,1H3;1H. The predicted octanol–water partition coefficient (Wildman–Crippen LogP) is 6.68. The Labute approximate surface area is 198 Å². The number of likely N-dealkylation sites (tertiary alicyclic amines) is 1. The number of benzene rings is 3. The molecule has 1 spiro atoms. The number of halogens is 1. The lowest BCUT2D eigenvalue weighted by atomic mass is 9.71. The van der Waals surface area contributed by atoms with Gasteiger partial charge in [0.15, 0.2) is 5.78 Å². The second-order valence-corrected chi connectivity index (χ2v) is 9.22. The molecule has 0 amide bonds. The molecule has 1 unspecified atom stereocenters. The number of hydrogen-bond donors (Lipinski definition) is 0. The number of fused-ring (bicyclic) bond motifs is 1. The third kappa shape index (κ3) is 4.14. The number of piperidine rings is 1. The van der Waals surface area contributed by atoms with E-state index < -0.39 is 0 Å². The van der Waals surface area contributed by atoms with Crippen molar-refractivity contribution in [3.05, 3.63) is 95.1 Å². The Morgan fingerprint density at radius 2 is 1.66 bits per heavy atom. The van der Waals surface area contributed by atoms with Gasteiger partial charge in [0.05, 0.1) is 5.54 Å². The van der Waals surface area contributed by atoms with Crippen LogP contribution in [-0.2, 0) is 12.8 Å². The first-order valence-corrected chi connectivity index (χ1v) is 11.7. The zero-order valence-electron chi connectivity index (χ0n) is 18.8. The minimum absolute atomic E-state index is 0. The van der Waals surface area contributed by atoms with Crippen molar-refractivity contribution in [2.24, 2.45) is 0 Å². The van der Waals surface area contributed by atoms with E-state index in [2.05, 4.69) is 78.6 Å². The number of Topliss-reactive ketones (excluding diaryl/α,β-unsaturated/α-hetero) is 1. The fourth-order valence-electron chi connectivity index (χ4n) is 5.64. The highest BCUT2D eigenvalue weighted by Gasteiger charge is 2.47. The Bertz CT molecular complexity index is 1090. The van der Waals surface area contributed by atoms with Gasteiger partial charge in [-0.25, -0.2) is 0 Å². The Balaban J connectivity index is 0.00000245. The Hall–Kier alpha value is -2.42. The van der Waals surface area contributed by atoms with Crippen LogP contribution in [0.15, 0.2) is 72.8 Å². The van der Waals surface area contributed by atoms with Crippen LogP contribution in [0.25, 0.3) is 11.1 Å². The van der Waals surface area contributed by atoms with E-state index >= 15 is 0 Å². The Morgan fingerprint density at radius 3 is 2.47 bits per heavy atom. The zero-order chi connectivity index (χ0) is 21.3. The molecule has 1 saturated heterocycles. The van der Waals surface area contributed by atoms with Gasteiger partial charge in [-0.2, -0.15) is 0 Å². The number of rotatable bonds is 4. The molecule has 3 heteroatoms. The highest BCUT2D eigenvalue weighted by atomic mass is 35.5. The van der Waals surface area contributed by atoms with E-state index in [-0.39, 0.29) is 17.9 Å². The summed E-state index contributed by atoms with van der Waals surface area (Å²) in [6.07, 6.45) is 6.31. The normalized spacial score (nSPS) is 20.6. The predicted molar refractivity (Wildman–Crippen MR) is 135 cm³/mol. The van der Waals surface area contributed by atoms with Crippen LogP contribution in [0.5, 0.6) is 0 Å². The van der Waals surface area contributed by atoms with Crippen LogP contribution in [0.4, 0.5) is 0 Å². The largest absolute Gasteiger partial charge is 0.292 e. The molecule has 166 valence electrons. The van der Waals surface area contributed by atoms with Gasteiger partial charge >= 0.3 is 0 Å². The average molecular weight is 446 g/mol. The molecule has 2 nitrogen and oxygen atoms in total. The smallest absolute Gasteiger partial charge is 0.183 e. The van der Waals surface area contributed by atoms with Crippen LogP contribution in [0.2, 0.25) is 0 Å². The molecule has 0 N–H and O–H groups in total. The SMILES string of the molecule is Cc1ccccc1CCN1CCCCC12CCc1cc(-c3ccccc3)ccc1C2=O.Cl. The topological polar surface area (TPSA) is 20.3 Å². The molecule has 1 aliphatic carbocycles. The summed E-state index contributed by atoms with van der Waals surface area (Å²) in [5, 5.41) is 0. The minimum atomic E-state index is -0.303.